The van der Waals surface area contributed by atoms with Gasteiger partial charge in [-0.3, -0.25) is 4.79 Å². The summed E-state index contributed by atoms with van der Waals surface area (Å²) in [7, 11) is 0. The van der Waals surface area contributed by atoms with Gasteiger partial charge in [-0.05, 0) is 6.92 Å². The number of aromatic nitrogens is 3. The third-order valence-corrected chi connectivity index (χ3v) is 1.98. The van der Waals surface area contributed by atoms with E-state index in [1.165, 1.54) is 13.1 Å². The highest BCUT2D eigenvalue weighted by Crippen LogP contribution is 2.23. The third kappa shape index (κ3) is 1.58. The molecule has 2 aromatic heterocycles. The Bertz CT molecular complexity index is 579. The molecule has 7 nitrogen and oxygen atoms in total. The normalized spacial score (nSPS) is 10.3. The zero-order valence-corrected chi connectivity index (χ0v) is 8.22. The SMILES string of the molecule is Cc1noc(-c2c[nH]c(=O)cn2)c1C(=O)O. The number of nitrogens with zero attached hydrogens (tertiary/aromatic N) is 2. The summed E-state index contributed by atoms with van der Waals surface area (Å²) in [6.07, 6.45) is 2.31. The summed E-state index contributed by atoms with van der Waals surface area (Å²) in [5, 5.41) is 12.5. The van der Waals surface area contributed by atoms with Gasteiger partial charge in [0.2, 0.25) is 5.76 Å². The fraction of sp³-hybridized carbons (Fsp3) is 0.111. The summed E-state index contributed by atoms with van der Waals surface area (Å²) < 4.78 is 4.87. The van der Waals surface area contributed by atoms with Crippen LogP contribution in [0, 0.1) is 6.92 Å². The summed E-state index contributed by atoms with van der Waals surface area (Å²) in [6, 6.07) is 0. The van der Waals surface area contributed by atoms with Crippen molar-refractivity contribution >= 4 is 5.97 Å². The average molecular weight is 221 g/mol. The van der Waals surface area contributed by atoms with Crippen molar-refractivity contribution in [3.05, 3.63) is 34.0 Å². The molecule has 0 saturated carbocycles. The van der Waals surface area contributed by atoms with E-state index in [2.05, 4.69) is 15.1 Å². The first-order valence-electron chi connectivity index (χ1n) is 4.34. The monoisotopic (exact) mass is 221 g/mol. The number of carboxylic acid groups (broad SMARTS) is 1. The second-order valence-electron chi connectivity index (χ2n) is 3.07. The molecule has 0 bridgehead atoms. The molecule has 0 fully saturated rings. The van der Waals surface area contributed by atoms with Crippen LogP contribution in [0.1, 0.15) is 16.1 Å². The molecule has 2 N–H and O–H groups in total. The van der Waals surface area contributed by atoms with Crippen molar-refractivity contribution in [2.24, 2.45) is 0 Å². The second-order valence-corrected chi connectivity index (χ2v) is 3.07. The van der Waals surface area contributed by atoms with Crippen molar-refractivity contribution in [3.8, 4) is 11.5 Å². The topological polar surface area (TPSA) is 109 Å². The Kier molecular flexibility index (Phi) is 2.28. The van der Waals surface area contributed by atoms with E-state index in [4.69, 9.17) is 9.63 Å². The Balaban J connectivity index is 2.60. The summed E-state index contributed by atoms with van der Waals surface area (Å²) in [4.78, 5) is 27.9. The number of carboxylic acids is 1. The Morgan fingerprint density at radius 2 is 2.31 bits per heavy atom. The zero-order chi connectivity index (χ0) is 11.7. The predicted octanol–water partition coefficient (Wildman–Crippen LogP) is 0.432. The molecule has 2 heterocycles. The van der Waals surface area contributed by atoms with Crippen LogP contribution in [0.3, 0.4) is 0 Å². The smallest absolute Gasteiger partial charge is 0.341 e. The van der Waals surface area contributed by atoms with Gasteiger partial charge in [-0.1, -0.05) is 5.16 Å². The van der Waals surface area contributed by atoms with Crippen LogP contribution in [-0.2, 0) is 0 Å². The summed E-state index contributed by atoms with van der Waals surface area (Å²) >= 11 is 0. The minimum Gasteiger partial charge on any atom is -0.477 e. The van der Waals surface area contributed by atoms with Crippen molar-refractivity contribution < 1.29 is 14.4 Å². The molecule has 0 saturated heterocycles. The van der Waals surface area contributed by atoms with Gasteiger partial charge < -0.3 is 14.6 Å². The molecular weight excluding hydrogens is 214 g/mol. The van der Waals surface area contributed by atoms with E-state index in [-0.39, 0.29) is 28.3 Å². The highest BCUT2D eigenvalue weighted by atomic mass is 16.5. The van der Waals surface area contributed by atoms with Crippen LogP contribution < -0.4 is 5.56 Å². The van der Waals surface area contributed by atoms with Crippen molar-refractivity contribution in [1.82, 2.24) is 15.1 Å². The minimum absolute atomic E-state index is 0.0289. The first-order chi connectivity index (χ1) is 7.59. The van der Waals surface area contributed by atoms with E-state index in [0.29, 0.717) is 0 Å². The maximum absolute atomic E-state index is 10.9. The van der Waals surface area contributed by atoms with Gasteiger partial charge in [0.15, 0.2) is 0 Å². The lowest BCUT2D eigenvalue weighted by atomic mass is 10.1. The molecule has 82 valence electrons. The molecular formula is C9H7N3O4. The molecule has 0 spiro atoms. The maximum Gasteiger partial charge on any atom is 0.341 e. The van der Waals surface area contributed by atoms with Crippen LogP contribution >= 0.6 is 0 Å². The second kappa shape index (κ2) is 3.61. The van der Waals surface area contributed by atoms with Crippen molar-refractivity contribution in [1.29, 1.82) is 0 Å². The summed E-state index contributed by atoms with van der Waals surface area (Å²) in [5.41, 5.74) is 0.0458. The molecule has 0 aliphatic heterocycles. The number of aromatic carboxylic acids is 1. The number of hydrogen-bond donors (Lipinski definition) is 2. The third-order valence-electron chi connectivity index (χ3n) is 1.98. The van der Waals surface area contributed by atoms with Gasteiger partial charge in [0.1, 0.15) is 11.3 Å². The highest BCUT2D eigenvalue weighted by molar-refractivity contribution is 5.94. The van der Waals surface area contributed by atoms with E-state index in [1.807, 2.05) is 0 Å². The number of aryl methyl sites for hydroxylation is 1. The molecule has 0 aliphatic carbocycles. The van der Waals surface area contributed by atoms with Gasteiger partial charge in [0.25, 0.3) is 5.56 Å². The van der Waals surface area contributed by atoms with Gasteiger partial charge in [0, 0.05) is 6.20 Å². The zero-order valence-electron chi connectivity index (χ0n) is 8.22. The van der Waals surface area contributed by atoms with Crippen LogP contribution in [0.15, 0.2) is 21.7 Å². The quantitative estimate of drug-likeness (QED) is 0.761. The molecule has 0 amide bonds. The van der Waals surface area contributed by atoms with Crippen LogP contribution in [0.5, 0.6) is 0 Å². The van der Waals surface area contributed by atoms with E-state index < -0.39 is 5.97 Å². The lowest BCUT2D eigenvalue weighted by Crippen LogP contribution is -2.06. The van der Waals surface area contributed by atoms with Crippen LogP contribution in [0.4, 0.5) is 0 Å². The molecule has 0 radical (unpaired) electrons. The molecule has 0 aliphatic rings. The van der Waals surface area contributed by atoms with Crippen molar-refractivity contribution in [2.75, 3.05) is 0 Å². The van der Waals surface area contributed by atoms with E-state index in [0.717, 1.165) is 6.20 Å². The molecule has 2 rings (SSSR count). The summed E-state index contributed by atoms with van der Waals surface area (Å²) in [6.45, 7) is 1.52. The number of aromatic amines is 1. The fourth-order valence-corrected chi connectivity index (χ4v) is 1.26. The predicted molar refractivity (Wildman–Crippen MR) is 52.1 cm³/mol. The molecule has 0 atom stereocenters. The lowest BCUT2D eigenvalue weighted by Gasteiger charge is -1.95. The average Bonchev–Trinajstić information content (AvgIpc) is 2.61. The summed E-state index contributed by atoms with van der Waals surface area (Å²) in [5.74, 6) is -1.12. The van der Waals surface area contributed by atoms with Gasteiger partial charge in [-0.2, -0.15) is 0 Å². The van der Waals surface area contributed by atoms with E-state index >= 15 is 0 Å². The van der Waals surface area contributed by atoms with Gasteiger partial charge >= 0.3 is 5.97 Å². The number of rotatable bonds is 2. The van der Waals surface area contributed by atoms with Crippen LogP contribution in [0.2, 0.25) is 0 Å². The molecule has 16 heavy (non-hydrogen) atoms. The molecule has 0 aromatic carbocycles. The Morgan fingerprint density at radius 3 is 2.88 bits per heavy atom. The van der Waals surface area contributed by atoms with Crippen LogP contribution in [0.25, 0.3) is 11.5 Å². The first kappa shape index (κ1) is 10.1. The number of nitrogens with one attached hydrogen (secondary N) is 1. The van der Waals surface area contributed by atoms with Gasteiger partial charge in [-0.25, -0.2) is 9.78 Å². The highest BCUT2D eigenvalue weighted by Gasteiger charge is 2.21. The minimum atomic E-state index is -1.15. The molecule has 2 aromatic rings. The number of carbonyl (C=O) groups is 1. The fourth-order valence-electron chi connectivity index (χ4n) is 1.26. The standard InChI is InChI=1S/C9H7N3O4/c1-4-7(9(14)15)8(16-12-4)5-2-11-6(13)3-10-5/h2-3H,1H3,(H,11,13)(H,14,15). The number of H-pyrrole nitrogens is 1. The Labute approximate surface area is 88.7 Å². The lowest BCUT2D eigenvalue weighted by molar-refractivity contribution is 0.0696. The maximum atomic E-state index is 10.9. The largest absolute Gasteiger partial charge is 0.477 e. The number of hydrogen-bond acceptors (Lipinski definition) is 5. The van der Waals surface area contributed by atoms with Crippen molar-refractivity contribution in [2.45, 2.75) is 6.92 Å². The van der Waals surface area contributed by atoms with Gasteiger partial charge in [-0.15, -0.1) is 0 Å². The first-order valence-corrected chi connectivity index (χ1v) is 4.34. The Morgan fingerprint density at radius 1 is 1.56 bits per heavy atom. The van der Waals surface area contributed by atoms with E-state index in [9.17, 15) is 9.59 Å². The van der Waals surface area contributed by atoms with Crippen molar-refractivity contribution in [3.63, 3.8) is 0 Å². The molecule has 0 unspecified atom stereocenters. The van der Waals surface area contributed by atoms with Gasteiger partial charge in [0.05, 0.1) is 11.9 Å². The van der Waals surface area contributed by atoms with E-state index in [1.54, 1.807) is 0 Å². The molecule has 7 heteroatoms. The Hall–Kier alpha value is -2.44. The van der Waals surface area contributed by atoms with Crippen LogP contribution in [-0.4, -0.2) is 26.2 Å².